The van der Waals surface area contributed by atoms with E-state index in [4.69, 9.17) is 4.42 Å². The van der Waals surface area contributed by atoms with Crippen molar-refractivity contribution in [3.05, 3.63) is 53.7 Å². The smallest absolute Gasteiger partial charge is 0.217 e. The first-order valence-electron chi connectivity index (χ1n) is 5.04. The van der Waals surface area contributed by atoms with Crippen LogP contribution >= 0.6 is 15.9 Å². The number of rotatable bonds is 2. The third-order valence-electron chi connectivity index (χ3n) is 2.40. The molecular weight excluding hydrogens is 282 g/mol. The molecule has 0 amide bonds. The SMILES string of the molecule is Brc1ncn(-c2ccc(-c3ccco3)cc2)n1. The van der Waals surface area contributed by atoms with Gasteiger partial charge in [0.25, 0.3) is 0 Å². The zero-order valence-corrected chi connectivity index (χ0v) is 10.3. The number of halogens is 1. The van der Waals surface area contributed by atoms with Gasteiger partial charge in [0, 0.05) is 5.56 Å². The summed E-state index contributed by atoms with van der Waals surface area (Å²) in [5.74, 6) is 0.858. The van der Waals surface area contributed by atoms with Crippen LogP contribution in [-0.4, -0.2) is 14.8 Å². The molecule has 0 atom stereocenters. The lowest BCUT2D eigenvalue weighted by atomic mass is 10.1. The summed E-state index contributed by atoms with van der Waals surface area (Å²) < 4.78 is 7.61. The Kier molecular flexibility index (Phi) is 2.53. The third kappa shape index (κ3) is 2.01. The molecular formula is C12H8BrN3O. The fourth-order valence-electron chi connectivity index (χ4n) is 1.59. The summed E-state index contributed by atoms with van der Waals surface area (Å²) in [5, 5.41) is 4.17. The highest BCUT2D eigenvalue weighted by atomic mass is 79.9. The van der Waals surface area contributed by atoms with Gasteiger partial charge in [0.05, 0.1) is 12.0 Å². The van der Waals surface area contributed by atoms with Crippen LogP contribution in [0.3, 0.4) is 0 Å². The maximum Gasteiger partial charge on any atom is 0.217 e. The molecule has 2 heterocycles. The van der Waals surface area contributed by atoms with Gasteiger partial charge in [-0.2, -0.15) is 0 Å². The number of hydrogen-bond acceptors (Lipinski definition) is 3. The van der Waals surface area contributed by atoms with Crippen LogP contribution in [0.4, 0.5) is 0 Å². The normalized spacial score (nSPS) is 10.6. The van der Waals surface area contributed by atoms with E-state index in [2.05, 4.69) is 26.0 Å². The second kappa shape index (κ2) is 4.18. The summed E-state index contributed by atoms with van der Waals surface area (Å²) in [7, 11) is 0. The van der Waals surface area contributed by atoms with Gasteiger partial charge in [0.1, 0.15) is 12.1 Å². The number of furan rings is 1. The van der Waals surface area contributed by atoms with Crippen LogP contribution in [0.25, 0.3) is 17.0 Å². The first-order valence-corrected chi connectivity index (χ1v) is 5.84. The number of nitrogens with zero attached hydrogens (tertiary/aromatic N) is 3. The summed E-state index contributed by atoms with van der Waals surface area (Å²) in [6.07, 6.45) is 3.32. The van der Waals surface area contributed by atoms with Gasteiger partial charge >= 0.3 is 0 Å². The summed E-state index contributed by atoms with van der Waals surface area (Å²) in [6.45, 7) is 0. The van der Waals surface area contributed by atoms with E-state index in [0.717, 1.165) is 17.0 Å². The third-order valence-corrected chi connectivity index (χ3v) is 2.76. The Labute approximate surface area is 106 Å². The molecule has 0 aliphatic heterocycles. The molecule has 0 bridgehead atoms. The van der Waals surface area contributed by atoms with Crippen LogP contribution in [0.5, 0.6) is 0 Å². The molecule has 5 heteroatoms. The molecule has 0 saturated heterocycles. The van der Waals surface area contributed by atoms with Crippen LogP contribution < -0.4 is 0 Å². The van der Waals surface area contributed by atoms with Gasteiger partial charge in [-0.1, -0.05) is 0 Å². The maximum absolute atomic E-state index is 5.33. The van der Waals surface area contributed by atoms with Crippen molar-refractivity contribution in [2.75, 3.05) is 0 Å². The molecule has 0 fully saturated rings. The van der Waals surface area contributed by atoms with Crippen molar-refractivity contribution in [1.82, 2.24) is 14.8 Å². The predicted molar refractivity (Wildman–Crippen MR) is 66.8 cm³/mol. The quantitative estimate of drug-likeness (QED) is 0.727. The van der Waals surface area contributed by atoms with Crippen molar-refractivity contribution in [3.63, 3.8) is 0 Å². The standard InChI is InChI=1S/C12H8BrN3O/c13-12-14-8-16(15-12)10-5-3-9(4-6-10)11-2-1-7-17-11/h1-8H. The Morgan fingerprint density at radius 1 is 1.12 bits per heavy atom. The lowest BCUT2D eigenvalue weighted by Gasteiger charge is -2.01. The molecule has 0 aliphatic rings. The van der Waals surface area contributed by atoms with Crippen molar-refractivity contribution >= 4 is 15.9 Å². The molecule has 0 unspecified atom stereocenters. The molecule has 3 aromatic rings. The lowest BCUT2D eigenvalue weighted by molar-refractivity contribution is 0.582. The molecule has 0 radical (unpaired) electrons. The highest BCUT2D eigenvalue weighted by Gasteiger charge is 2.02. The first-order chi connectivity index (χ1) is 8.33. The van der Waals surface area contributed by atoms with E-state index < -0.39 is 0 Å². The van der Waals surface area contributed by atoms with Crippen molar-refractivity contribution in [2.24, 2.45) is 0 Å². The maximum atomic E-state index is 5.33. The Bertz CT molecular complexity index is 614. The second-order valence-electron chi connectivity index (χ2n) is 3.48. The van der Waals surface area contributed by atoms with Crippen molar-refractivity contribution < 1.29 is 4.42 Å². The van der Waals surface area contributed by atoms with Crippen LogP contribution in [0.2, 0.25) is 0 Å². The van der Waals surface area contributed by atoms with Crippen LogP contribution in [0, 0.1) is 0 Å². The lowest BCUT2D eigenvalue weighted by Crippen LogP contribution is -1.93. The first kappa shape index (κ1) is 10.3. The fourth-order valence-corrected chi connectivity index (χ4v) is 1.85. The summed E-state index contributed by atoms with van der Waals surface area (Å²) >= 11 is 3.22. The van der Waals surface area contributed by atoms with Gasteiger partial charge in [-0.3, -0.25) is 0 Å². The summed E-state index contributed by atoms with van der Waals surface area (Å²) in [4.78, 5) is 4.02. The Balaban J connectivity index is 1.95. The molecule has 0 spiro atoms. The van der Waals surface area contributed by atoms with Gasteiger partial charge in [0.2, 0.25) is 4.73 Å². The van der Waals surface area contributed by atoms with Crippen LogP contribution in [-0.2, 0) is 0 Å². The Hall–Kier alpha value is -1.88. The van der Waals surface area contributed by atoms with E-state index >= 15 is 0 Å². The van der Waals surface area contributed by atoms with Gasteiger partial charge in [-0.15, -0.1) is 5.10 Å². The highest BCUT2D eigenvalue weighted by Crippen LogP contribution is 2.21. The van der Waals surface area contributed by atoms with Crippen molar-refractivity contribution in [1.29, 1.82) is 0 Å². The van der Waals surface area contributed by atoms with Gasteiger partial charge < -0.3 is 4.42 Å². The van der Waals surface area contributed by atoms with E-state index in [1.54, 1.807) is 17.3 Å². The highest BCUT2D eigenvalue weighted by molar-refractivity contribution is 9.10. The van der Waals surface area contributed by atoms with Gasteiger partial charge in [-0.05, 0) is 52.3 Å². The average Bonchev–Trinajstić information content (AvgIpc) is 3.00. The van der Waals surface area contributed by atoms with E-state index in [-0.39, 0.29) is 0 Å². The molecule has 4 nitrogen and oxygen atoms in total. The summed E-state index contributed by atoms with van der Waals surface area (Å²) in [5.41, 5.74) is 2.00. The summed E-state index contributed by atoms with van der Waals surface area (Å²) in [6, 6.07) is 11.7. The molecule has 17 heavy (non-hydrogen) atoms. The molecule has 84 valence electrons. The number of aromatic nitrogens is 3. The van der Waals surface area contributed by atoms with Crippen LogP contribution in [0.1, 0.15) is 0 Å². The minimum absolute atomic E-state index is 0.576. The van der Waals surface area contributed by atoms with E-state index in [1.807, 2.05) is 36.4 Å². The molecule has 0 aliphatic carbocycles. The molecule has 0 saturated carbocycles. The topological polar surface area (TPSA) is 43.9 Å². The average molecular weight is 290 g/mol. The second-order valence-corrected chi connectivity index (χ2v) is 4.19. The molecule has 2 aromatic heterocycles. The molecule has 0 N–H and O–H groups in total. The van der Waals surface area contributed by atoms with E-state index in [9.17, 15) is 0 Å². The number of hydrogen-bond donors (Lipinski definition) is 0. The fraction of sp³-hybridized carbons (Fsp3) is 0. The van der Waals surface area contributed by atoms with Crippen molar-refractivity contribution in [3.8, 4) is 17.0 Å². The largest absolute Gasteiger partial charge is 0.464 e. The van der Waals surface area contributed by atoms with E-state index in [1.165, 1.54) is 0 Å². The number of benzene rings is 1. The van der Waals surface area contributed by atoms with Crippen LogP contribution in [0.15, 0.2) is 58.1 Å². The van der Waals surface area contributed by atoms with Gasteiger partial charge in [0.15, 0.2) is 0 Å². The molecule has 3 rings (SSSR count). The van der Waals surface area contributed by atoms with E-state index in [0.29, 0.717) is 4.73 Å². The Morgan fingerprint density at radius 2 is 1.94 bits per heavy atom. The van der Waals surface area contributed by atoms with Gasteiger partial charge in [-0.25, -0.2) is 9.67 Å². The Morgan fingerprint density at radius 3 is 2.53 bits per heavy atom. The predicted octanol–water partition coefficient (Wildman–Crippen LogP) is 3.29. The van der Waals surface area contributed by atoms with Crippen molar-refractivity contribution in [2.45, 2.75) is 0 Å². The minimum atomic E-state index is 0.576. The zero-order chi connectivity index (χ0) is 11.7. The zero-order valence-electron chi connectivity index (χ0n) is 8.75. The minimum Gasteiger partial charge on any atom is -0.464 e. The molecule has 1 aromatic carbocycles. The monoisotopic (exact) mass is 289 g/mol.